The van der Waals surface area contributed by atoms with Crippen molar-refractivity contribution in [3.63, 3.8) is 0 Å². The van der Waals surface area contributed by atoms with Gasteiger partial charge in [-0.3, -0.25) is 0 Å². The fourth-order valence-electron chi connectivity index (χ4n) is 0.776. The van der Waals surface area contributed by atoms with Gasteiger partial charge in [0.1, 0.15) is 0 Å². The van der Waals surface area contributed by atoms with Gasteiger partial charge in [0.15, 0.2) is 0 Å². The molecule has 0 saturated heterocycles. The van der Waals surface area contributed by atoms with Gasteiger partial charge >= 0.3 is 0 Å². The minimum absolute atomic E-state index is 0.797. The maximum Gasteiger partial charge on any atom is 0.0538 e. The zero-order valence-electron chi connectivity index (χ0n) is 6.14. The molecule has 0 unspecified atom stereocenters. The lowest BCUT2D eigenvalue weighted by atomic mass is 10.1. The van der Waals surface area contributed by atoms with Crippen molar-refractivity contribution in [3.05, 3.63) is 39.5 Å². The van der Waals surface area contributed by atoms with Crippen molar-refractivity contribution in [2.24, 2.45) is 0 Å². The predicted molar refractivity (Wildman–Crippen MR) is 59.0 cm³/mol. The van der Waals surface area contributed by atoms with Crippen LogP contribution in [0.15, 0.2) is 28.3 Å². The number of aryl methyl sites for hydroxylation is 1. The Morgan fingerprint density at radius 2 is 1.91 bits per heavy atom. The lowest BCUT2D eigenvalue weighted by Crippen LogP contribution is -1.76. The maximum atomic E-state index is 5.90. The van der Waals surface area contributed by atoms with Gasteiger partial charge in [-0.15, -0.1) is 0 Å². The van der Waals surface area contributed by atoms with E-state index in [1.165, 1.54) is 5.56 Å². The van der Waals surface area contributed by atoms with Crippen LogP contribution in [0, 0.1) is 6.92 Å². The molecule has 0 heterocycles. The maximum absolute atomic E-state index is 5.90. The van der Waals surface area contributed by atoms with Crippen LogP contribution in [0.2, 0.25) is 0 Å². The minimum atomic E-state index is 0.797. The molecule has 2 heteroatoms. The van der Waals surface area contributed by atoms with E-state index in [1.807, 2.05) is 16.2 Å². The minimum Gasteiger partial charge on any atom is -0.0832 e. The Bertz CT molecular complexity index is 261. The van der Waals surface area contributed by atoms with Crippen molar-refractivity contribution >= 4 is 39.2 Å². The molecule has 0 atom stereocenters. The number of hydrogen-bond donors (Lipinski definition) is 0. The average molecular weight is 279 g/mol. The SMILES string of the molecule is Cc1ccc(C(Cl)=CI)cc1. The molecular formula is C9H8ClI. The summed E-state index contributed by atoms with van der Waals surface area (Å²) in [6, 6.07) is 8.15. The molecule has 0 spiro atoms. The molecule has 58 valence electrons. The van der Waals surface area contributed by atoms with Crippen LogP contribution >= 0.6 is 34.2 Å². The highest BCUT2D eigenvalue weighted by atomic mass is 127. The molecule has 0 radical (unpaired) electrons. The van der Waals surface area contributed by atoms with Gasteiger partial charge in [-0.1, -0.05) is 64.0 Å². The highest BCUT2D eigenvalue weighted by Gasteiger charge is 1.94. The lowest BCUT2D eigenvalue weighted by Gasteiger charge is -1.97. The molecule has 0 fully saturated rings. The lowest BCUT2D eigenvalue weighted by molar-refractivity contribution is 1.46. The van der Waals surface area contributed by atoms with Gasteiger partial charge in [-0.2, -0.15) is 0 Å². The van der Waals surface area contributed by atoms with E-state index in [-0.39, 0.29) is 0 Å². The molecule has 0 bridgehead atoms. The summed E-state index contributed by atoms with van der Waals surface area (Å²) in [6.07, 6.45) is 0. The summed E-state index contributed by atoms with van der Waals surface area (Å²) in [4.78, 5) is 0. The Hall–Kier alpha value is -0.0200. The molecule has 0 saturated carbocycles. The second-order valence-corrected chi connectivity index (χ2v) is 3.35. The molecule has 0 nitrogen and oxygen atoms in total. The van der Waals surface area contributed by atoms with E-state index in [0.29, 0.717) is 0 Å². The number of benzene rings is 1. The van der Waals surface area contributed by atoms with E-state index in [9.17, 15) is 0 Å². The van der Waals surface area contributed by atoms with Crippen molar-refractivity contribution in [1.82, 2.24) is 0 Å². The third-order valence-corrected chi connectivity index (χ3v) is 2.74. The normalized spacial score (nSPS) is 11.7. The standard InChI is InChI=1S/C9H8ClI/c1-7-2-4-8(5-3-7)9(10)6-11/h2-6H,1H3. The van der Waals surface area contributed by atoms with Gasteiger partial charge in [-0.05, 0) is 16.6 Å². The summed E-state index contributed by atoms with van der Waals surface area (Å²) in [5.41, 5.74) is 2.33. The molecule has 1 aromatic rings. The van der Waals surface area contributed by atoms with Gasteiger partial charge in [0.05, 0.1) is 5.03 Å². The molecular weight excluding hydrogens is 270 g/mol. The van der Waals surface area contributed by atoms with Crippen LogP contribution in [0.4, 0.5) is 0 Å². The number of rotatable bonds is 1. The molecule has 0 aliphatic carbocycles. The van der Waals surface area contributed by atoms with E-state index in [4.69, 9.17) is 11.6 Å². The predicted octanol–water partition coefficient (Wildman–Crippen LogP) is 3.97. The summed E-state index contributed by atoms with van der Waals surface area (Å²) in [5.74, 6) is 0. The first kappa shape index (κ1) is 9.07. The highest BCUT2D eigenvalue weighted by Crippen LogP contribution is 2.20. The summed E-state index contributed by atoms with van der Waals surface area (Å²) >= 11 is 8.03. The fraction of sp³-hybridized carbons (Fsp3) is 0.111. The van der Waals surface area contributed by atoms with E-state index < -0.39 is 0 Å². The van der Waals surface area contributed by atoms with Crippen molar-refractivity contribution in [2.45, 2.75) is 6.92 Å². The third-order valence-electron chi connectivity index (χ3n) is 1.42. The van der Waals surface area contributed by atoms with E-state index in [0.717, 1.165) is 10.6 Å². The molecule has 0 amide bonds. The second-order valence-electron chi connectivity index (χ2n) is 2.32. The molecule has 0 aliphatic rings. The zero-order chi connectivity index (χ0) is 8.27. The molecule has 1 aromatic carbocycles. The quantitative estimate of drug-likeness (QED) is 0.682. The van der Waals surface area contributed by atoms with Gasteiger partial charge in [0.2, 0.25) is 0 Å². The van der Waals surface area contributed by atoms with Crippen molar-refractivity contribution in [2.75, 3.05) is 0 Å². The van der Waals surface area contributed by atoms with Crippen LogP contribution in [-0.4, -0.2) is 0 Å². The topological polar surface area (TPSA) is 0 Å². The molecule has 11 heavy (non-hydrogen) atoms. The van der Waals surface area contributed by atoms with Crippen LogP contribution < -0.4 is 0 Å². The Balaban J connectivity index is 2.99. The van der Waals surface area contributed by atoms with Crippen LogP contribution in [0.1, 0.15) is 11.1 Å². The summed E-state index contributed by atoms with van der Waals surface area (Å²) < 4.78 is 1.87. The van der Waals surface area contributed by atoms with E-state index >= 15 is 0 Å². The second kappa shape index (κ2) is 4.12. The molecule has 1 rings (SSSR count). The van der Waals surface area contributed by atoms with E-state index in [1.54, 1.807) is 0 Å². The average Bonchev–Trinajstić information content (AvgIpc) is 2.05. The van der Waals surface area contributed by atoms with Crippen molar-refractivity contribution < 1.29 is 0 Å². The Labute approximate surface area is 85.4 Å². The smallest absolute Gasteiger partial charge is 0.0538 e. The number of hydrogen-bond acceptors (Lipinski definition) is 0. The first-order valence-corrected chi connectivity index (χ1v) is 4.89. The summed E-state index contributed by atoms with van der Waals surface area (Å²) in [6.45, 7) is 2.06. The van der Waals surface area contributed by atoms with Crippen LogP contribution in [-0.2, 0) is 0 Å². The van der Waals surface area contributed by atoms with Crippen molar-refractivity contribution in [3.8, 4) is 0 Å². The van der Waals surface area contributed by atoms with Gasteiger partial charge in [-0.25, -0.2) is 0 Å². The zero-order valence-corrected chi connectivity index (χ0v) is 9.06. The van der Waals surface area contributed by atoms with Crippen molar-refractivity contribution in [1.29, 1.82) is 0 Å². The Morgan fingerprint density at radius 1 is 1.36 bits per heavy atom. The number of halogens is 2. The van der Waals surface area contributed by atoms with Crippen LogP contribution in [0.3, 0.4) is 0 Å². The largest absolute Gasteiger partial charge is 0.0832 e. The van der Waals surface area contributed by atoms with Gasteiger partial charge < -0.3 is 0 Å². The highest BCUT2D eigenvalue weighted by molar-refractivity contribution is 14.1. The third kappa shape index (κ3) is 2.49. The van der Waals surface area contributed by atoms with Gasteiger partial charge in [0.25, 0.3) is 0 Å². The van der Waals surface area contributed by atoms with E-state index in [2.05, 4.69) is 41.6 Å². The van der Waals surface area contributed by atoms with Crippen LogP contribution in [0.25, 0.3) is 5.03 Å². The van der Waals surface area contributed by atoms with Crippen LogP contribution in [0.5, 0.6) is 0 Å². The Morgan fingerprint density at radius 3 is 2.36 bits per heavy atom. The molecule has 0 aromatic heterocycles. The summed E-state index contributed by atoms with van der Waals surface area (Å²) in [7, 11) is 0. The monoisotopic (exact) mass is 278 g/mol. The first-order valence-electron chi connectivity index (χ1n) is 3.27. The Kier molecular flexibility index (Phi) is 3.40. The van der Waals surface area contributed by atoms with Gasteiger partial charge in [0, 0.05) is 0 Å². The molecule has 0 N–H and O–H groups in total. The summed E-state index contributed by atoms with van der Waals surface area (Å²) in [5, 5.41) is 0.797. The fourth-order valence-corrected chi connectivity index (χ4v) is 1.26. The first-order chi connectivity index (χ1) is 5.24. The molecule has 0 aliphatic heterocycles.